The molecule has 2 N–H and O–H groups in total. The van der Waals surface area contributed by atoms with Crippen molar-refractivity contribution in [1.82, 2.24) is 5.32 Å². The molecule has 1 aliphatic heterocycles. The van der Waals surface area contributed by atoms with Gasteiger partial charge in [0.25, 0.3) is 0 Å². The Morgan fingerprint density at radius 1 is 1.08 bits per heavy atom. The second-order valence-corrected chi connectivity index (χ2v) is 10.3. The van der Waals surface area contributed by atoms with Gasteiger partial charge in [-0.15, -0.1) is 0 Å². The quantitative estimate of drug-likeness (QED) is 0.697. The van der Waals surface area contributed by atoms with Crippen LogP contribution in [0.1, 0.15) is 65.2 Å². The molecule has 0 spiro atoms. The maximum absolute atomic E-state index is 10.2. The van der Waals surface area contributed by atoms with Crippen LogP contribution in [0.3, 0.4) is 0 Å². The number of allylic oxidation sites excluding steroid dienone is 4. The summed E-state index contributed by atoms with van der Waals surface area (Å²) >= 11 is 0. The molecule has 2 heteroatoms. The minimum absolute atomic E-state index is 0.0317. The number of rotatable bonds is 1. The van der Waals surface area contributed by atoms with Crippen LogP contribution < -0.4 is 5.32 Å². The number of hydrogen-bond donors (Lipinski definition) is 2. The Morgan fingerprint density at radius 3 is 2.77 bits per heavy atom. The van der Waals surface area contributed by atoms with E-state index >= 15 is 0 Å². The summed E-state index contributed by atoms with van der Waals surface area (Å²) in [6, 6.07) is 0. The first kappa shape index (κ1) is 17.1. The van der Waals surface area contributed by atoms with Gasteiger partial charge in [-0.05, 0) is 97.0 Å². The Hall–Kier alpha value is -1.02. The Balaban J connectivity index is 1.42. The molecule has 0 aromatic carbocycles. The van der Waals surface area contributed by atoms with Gasteiger partial charge in [-0.3, -0.25) is 0 Å². The summed E-state index contributed by atoms with van der Waals surface area (Å²) in [4.78, 5) is 0. The fourth-order valence-corrected chi connectivity index (χ4v) is 7.89. The molecular formula is C24H35NO. The fraction of sp³-hybridized carbons (Fsp3) is 0.750. The summed E-state index contributed by atoms with van der Waals surface area (Å²) in [5.41, 5.74) is 3.90. The van der Waals surface area contributed by atoms with Crippen molar-refractivity contribution >= 4 is 0 Å². The number of fused-ring (bicyclic) bond motifs is 5. The lowest BCUT2D eigenvalue weighted by molar-refractivity contribution is -0.117. The molecule has 4 aliphatic carbocycles. The van der Waals surface area contributed by atoms with Crippen molar-refractivity contribution in [3.8, 4) is 0 Å². The van der Waals surface area contributed by atoms with Crippen LogP contribution in [-0.2, 0) is 0 Å². The second kappa shape index (κ2) is 5.99. The Kier molecular flexibility index (Phi) is 3.94. The largest absolute Gasteiger partial charge is 0.393 e. The second-order valence-electron chi connectivity index (χ2n) is 10.3. The lowest BCUT2D eigenvalue weighted by Crippen LogP contribution is -2.53. The first-order valence-electron chi connectivity index (χ1n) is 11.0. The van der Waals surface area contributed by atoms with Gasteiger partial charge in [0, 0.05) is 12.7 Å². The van der Waals surface area contributed by atoms with E-state index in [9.17, 15) is 5.11 Å². The van der Waals surface area contributed by atoms with E-state index in [1.807, 2.05) is 0 Å². The van der Waals surface area contributed by atoms with Crippen LogP contribution in [0.4, 0.5) is 0 Å². The molecular weight excluding hydrogens is 318 g/mol. The minimum atomic E-state index is -0.0317. The van der Waals surface area contributed by atoms with Crippen molar-refractivity contribution < 1.29 is 5.11 Å². The average Bonchev–Trinajstić information content (AvgIpc) is 3.00. The van der Waals surface area contributed by atoms with Crippen LogP contribution in [0.15, 0.2) is 35.6 Å². The van der Waals surface area contributed by atoms with Crippen molar-refractivity contribution in [3.63, 3.8) is 0 Å². The van der Waals surface area contributed by atoms with E-state index in [0.717, 1.165) is 43.1 Å². The van der Waals surface area contributed by atoms with Crippen molar-refractivity contribution in [2.75, 3.05) is 6.54 Å². The van der Waals surface area contributed by atoms with E-state index in [0.29, 0.717) is 10.8 Å². The monoisotopic (exact) mass is 353 g/mol. The van der Waals surface area contributed by atoms with Gasteiger partial charge in [0.05, 0.1) is 6.10 Å². The molecule has 0 saturated heterocycles. The van der Waals surface area contributed by atoms with Crippen LogP contribution in [0.25, 0.3) is 0 Å². The van der Waals surface area contributed by atoms with Gasteiger partial charge in [0.1, 0.15) is 0 Å². The Morgan fingerprint density at radius 2 is 1.96 bits per heavy atom. The predicted molar refractivity (Wildman–Crippen MR) is 106 cm³/mol. The van der Waals surface area contributed by atoms with E-state index in [4.69, 9.17) is 0 Å². The van der Waals surface area contributed by atoms with Gasteiger partial charge in [-0.2, -0.15) is 0 Å². The zero-order chi connectivity index (χ0) is 17.9. The third-order valence-electron chi connectivity index (χ3n) is 9.32. The van der Waals surface area contributed by atoms with Crippen LogP contribution in [0.5, 0.6) is 0 Å². The standard InChI is InChI=1S/C24H35NO/c1-23-11-9-18(26)14-17(23)5-6-19-21-8-7-20(16-4-3-13-25-15-16)24(21,2)12-10-22(19)23/h3-4,7,15,17-19,21-22,25-26H,5-6,8-14H2,1-2H3. The van der Waals surface area contributed by atoms with E-state index in [1.165, 1.54) is 44.1 Å². The molecule has 5 rings (SSSR count). The third kappa shape index (κ3) is 2.33. The molecule has 5 aliphatic rings. The van der Waals surface area contributed by atoms with Crippen molar-refractivity contribution in [1.29, 1.82) is 0 Å². The number of nitrogens with one attached hydrogen (secondary N) is 1. The summed E-state index contributed by atoms with van der Waals surface area (Å²) in [5, 5.41) is 13.6. The Labute approximate surface area is 158 Å². The average molecular weight is 354 g/mol. The van der Waals surface area contributed by atoms with E-state index in [1.54, 1.807) is 5.57 Å². The molecule has 3 fully saturated rings. The van der Waals surface area contributed by atoms with E-state index < -0.39 is 0 Å². The van der Waals surface area contributed by atoms with Crippen molar-refractivity contribution in [2.24, 2.45) is 34.5 Å². The molecule has 2 nitrogen and oxygen atoms in total. The number of hydrogen-bond acceptors (Lipinski definition) is 2. The van der Waals surface area contributed by atoms with Gasteiger partial charge in [-0.1, -0.05) is 32.1 Å². The summed E-state index contributed by atoms with van der Waals surface area (Å²) < 4.78 is 0. The maximum atomic E-state index is 10.2. The van der Waals surface area contributed by atoms with Gasteiger partial charge in [0.2, 0.25) is 0 Å². The molecule has 0 bridgehead atoms. The third-order valence-corrected chi connectivity index (χ3v) is 9.32. The highest BCUT2D eigenvalue weighted by atomic mass is 16.3. The van der Waals surface area contributed by atoms with Crippen LogP contribution >= 0.6 is 0 Å². The van der Waals surface area contributed by atoms with Crippen molar-refractivity contribution in [2.45, 2.75) is 71.3 Å². The Bertz CT molecular complexity index is 676. The molecule has 7 atom stereocenters. The van der Waals surface area contributed by atoms with Gasteiger partial charge < -0.3 is 10.4 Å². The first-order chi connectivity index (χ1) is 12.5. The molecule has 142 valence electrons. The lowest BCUT2D eigenvalue weighted by Gasteiger charge is -2.60. The number of aliphatic hydroxyl groups excluding tert-OH is 1. The van der Waals surface area contributed by atoms with Crippen LogP contribution in [-0.4, -0.2) is 17.8 Å². The summed E-state index contributed by atoms with van der Waals surface area (Å²) in [6.45, 7) is 6.12. The molecule has 0 aromatic heterocycles. The normalized spacial score (nSPS) is 50.0. The molecule has 0 amide bonds. The topological polar surface area (TPSA) is 32.3 Å². The minimum Gasteiger partial charge on any atom is -0.393 e. The SMILES string of the molecule is CC12CCC3C(CCC4CC(O)CCC43C)C1CC=C2C1=CNCC=C1. The summed E-state index contributed by atoms with van der Waals surface area (Å²) in [6.07, 6.45) is 19.5. The van der Waals surface area contributed by atoms with Crippen molar-refractivity contribution in [3.05, 3.63) is 35.6 Å². The molecule has 7 unspecified atom stereocenters. The maximum Gasteiger partial charge on any atom is 0.0543 e. The first-order valence-corrected chi connectivity index (χ1v) is 11.0. The summed E-state index contributed by atoms with van der Waals surface area (Å²) in [5.74, 6) is 3.37. The van der Waals surface area contributed by atoms with Gasteiger partial charge in [-0.25, -0.2) is 0 Å². The lowest BCUT2D eigenvalue weighted by atomic mass is 9.44. The predicted octanol–water partition coefficient (Wildman–Crippen LogP) is 4.97. The number of aliphatic hydroxyl groups is 1. The molecule has 1 heterocycles. The highest BCUT2D eigenvalue weighted by Gasteiger charge is 2.58. The highest BCUT2D eigenvalue weighted by molar-refractivity contribution is 5.48. The number of dihydropyridines is 1. The highest BCUT2D eigenvalue weighted by Crippen LogP contribution is 2.66. The van der Waals surface area contributed by atoms with Crippen LogP contribution in [0.2, 0.25) is 0 Å². The molecule has 0 radical (unpaired) electrons. The fourth-order valence-electron chi connectivity index (χ4n) is 7.89. The van der Waals surface area contributed by atoms with E-state index in [-0.39, 0.29) is 6.10 Å². The zero-order valence-corrected chi connectivity index (χ0v) is 16.5. The smallest absolute Gasteiger partial charge is 0.0543 e. The van der Waals surface area contributed by atoms with Crippen LogP contribution in [0, 0.1) is 34.5 Å². The van der Waals surface area contributed by atoms with E-state index in [2.05, 4.69) is 43.6 Å². The molecule has 26 heavy (non-hydrogen) atoms. The molecule has 3 saturated carbocycles. The van der Waals surface area contributed by atoms with Gasteiger partial charge in [0.15, 0.2) is 0 Å². The summed E-state index contributed by atoms with van der Waals surface area (Å²) in [7, 11) is 0. The molecule has 0 aromatic rings. The zero-order valence-electron chi connectivity index (χ0n) is 16.5. The van der Waals surface area contributed by atoms with Gasteiger partial charge >= 0.3 is 0 Å².